The number of ether oxygens (including phenoxy) is 1. The van der Waals surface area contributed by atoms with E-state index < -0.39 is 0 Å². The summed E-state index contributed by atoms with van der Waals surface area (Å²) in [6.45, 7) is 9.20. The Hall–Kier alpha value is -1.88. The van der Waals surface area contributed by atoms with E-state index >= 15 is 0 Å². The zero-order chi connectivity index (χ0) is 19.4. The van der Waals surface area contributed by atoms with Gasteiger partial charge in [0.15, 0.2) is 0 Å². The Labute approximate surface area is 162 Å². The fraction of sp³-hybridized carbons (Fsp3) is 0.636. The molecule has 1 saturated heterocycles. The molecule has 1 aliphatic heterocycles. The van der Waals surface area contributed by atoms with Crippen LogP contribution in [0.25, 0.3) is 0 Å². The van der Waals surface area contributed by atoms with E-state index in [1.807, 2.05) is 17.0 Å². The van der Waals surface area contributed by atoms with E-state index in [0.29, 0.717) is 26.3 Å². The molecule has 2 aliphatic rings. The molecule has 1 N–H and O–H groups in total. The second-order valence-corrected chi connectivity index (χ2v) is 8.80. The molecule has 1 saturated carbocycles. The number of hydrogen-bond donors (Lipinski definition) is 1. The molecule has 5 nitrogen and oxygen atoms in total. The van der Waals surface area contributed by atoms with Crippen LogP contribution in [0.2, 0.25) is 0 Å². The minimum absolute atomic E-state index is 0.000955. The number of rotatable bonds is 3. The number of benzene rings is 1. The van der Waals surface area contributed by atoms with Gasteiger partial charge in [-0.25, -0.2) is 0 Å². The lowest BCUT2D eigenvalue weighted by Crippen LogP contribution is -2.44. The molecule has 2 fully saturated rings. The van der Waals surface area contributed by atoms with Gasteiger partial charge in [-0.15, -0.1) is 0 Å². The molecule has 0 bridgehead atoms. The van der Waals surface area contributed by atoms with Crippen LogP contribution in [-0.4, -0.2) is 43.0 Å². The van der Waals surface area contributed by atoms with Gasteiger partial charge < -0.3 is 15.0 Å². The number of nitrogens with zero attached hydrogens (tertiary/aromatic N) is 1. The van der Waals surface area contributed by atoms with Crippen LogP contribution < -0.4 is 5.32 Å². The summed E-state index contributed by atoms with van der Waals surface area (Å²) in [4.78, 5) is 27.1. The van der Waals surface area contributed by atoms with Crippen molar-refractivity contribution in [2.45, 2.75) is 51.9 Å². The molecule has 1 aliphatic carbocycles. The van der Waals surface area contributed by atoms with Crippen molar-refractivity contribution in [2.24, 2.45) is 11.8 Å². The van der Waals surface area contributed by atoms with E-state index in [-0.39, 0.29) is 29.1 Å². The maximum absolute atomic E-state index is 12.6. The highest BCUT2D eigenvalue weighted by molar-refractivity contribution is 5.92. The summed E-state index contributed by atoms with van der Waals surface area (Å²) in [6, 6.07) is 8.11. The largest absolute Gasteiger partial charge is 0.378 e. The Morgan fingerprint density at radius 3 is 2.07 bits per heavy atom. The Morgan fingerprint density at radius 2 is 1.52 bits per heavy atom. The van der Waals surface area contributed by atoms with Crippen LogP contribution in [0.4, 0.5) is 5.69 Å². The van der Waals surface area contributed by atoms with Crippen molar-refractivity contribution in [3.05, 3.63) is 29.8 Å². The summed E-state index contributed by atoms with van der Waals surface area (Å²) in [7, 11) is 0. The van der Waals surface area contributed by atoms with Crippen molar-refractivity contribution in [3.8, 4) is 0 Å². The Bertz CT molecular complexity index is 649. The zero-order valence-electron chi connectivity index (χ0n) is 16.8. The minimum atomic E-state index is 0.000955. The van der Waals surface area contributed by atoms with E-state index in [1.54, 1.807) is 0 Å². The molecule has 3 rings (SSSR count). The van der Waals surface area contributed by atoms with Crippen LogP contribution in [0.1, 0.15) is 52.0 Å². The molecule has 0 aromatic heterocycles. The van der Waals surface area contributed by atoms with Gasteiger partial charge in [0.05, 0.1) is 13.2 Å². The molecule has 1 heterocycles. The fourth-order valence-electron chi connectivity index (χ4n) is 3.94. The number of morpholine rings is 1. The van der Waals surface area contributed by atoms with E-state index in [4.69, 9.17) is 4.74 Å². The molecule has 5 heteroatoms. The van der Waals surface area contributed by atoms with Gasteiger partial charge in [0, 0.05) is 30.6 Å². The van der Waals surface area contributed by atoms with Crippen LogP contribution in [0.15, 0.2) is 24.3 Å². The first-order valence-electron chi connectivity index (χ1n) is 10.1. The molecule has 148 valence electrons. The molecule has 1 aromatic rings. The first-order chi connectivity index (χ1) is 12.8. The van der Waals surface area contributed by atoms with Gasteiger partial charge in [0.1, 0.15) is 0 Å². The van der Waals surface area contributed by atoms with Gasteiger partial charge in [-0.1, -0.05) is 32.9 Å². The number of hydrogen-bond acceptors (Lipinski definition) is 3. The number of amides is 2. The van der Waals surface area contributed by atoms with E-state index in [9.17, 15) is 9.59 Å². The zero-order valence-corrected chi connectivity index (χ0v) is 16.8. The van der Waals surface area contributed by atoms with Crippen molar-refractivity contribution in [1.29, 1.82) is 0 Å². The van der Waals surface area contributed by atoms with Gasteiger partial charge in [-0.2, -0.15) is 0 Å². The Morgan fingerprint density at radius 1 is 0.963 bits per heavy atom. The molecule has 2 amide bonds. The van der Waals surface area contributed by atoms with Crippen molar-refractivity contribution in [1.82, 2.24) is 4.90 Å². The summed E-state index contributed by atoms with van der Waals surface area (Å²) in [5, 5.41) is 3.05. The van der Waals surface area contributed by atoms with Gasteiger partial charge in [0.25, 0.3) is 0 Å². The second kappa shape index (κ2) is 8.42. The normalized spacial score (nSPS) is 23.7. The van der Waals surface area contributed by atoms with Crippen molar-refractivity contribution >= 4 is 17.5 Å². The molecule has 0 spiro atoms. The van der Waals surface area contributed by atoms with Crippen LogP contribution in [0, 0.1) is 11.8 Å². The van der Waals surface area contributed by atoms with E-state index in [2.05, 4.69) is 38.2 Å². The summed E-state index contributed by atoms with van der Waals surface area (Å²) < 4.78 is 5.32. The summed E-state index contributed by atoms with van der Waals surface area (Å²) in [5.41, 5.74) is 2.20. The van der Waals surface area contributed by atoms with Crippen LogP contribution in [0.3, 0.4) is 0 Å². The topological polar surface area (TPSA) is 58.6 Å². The monoisotopic (exact) mass is 372 g/mol. The SMILES string of the molecule is CC(C)(C)c1ccc(NC(=O)C2CCC(C(=O)N3CCOCC3)CC2)cc1. The number of anilines is 1. The maximum Gasteiger partial charge on any atom is 0.227 e. The van der Waals surface area contributed by atoms with Gasteiger partial charge >= 0.3 is 0 Å². The quantitative estimate of drug-likeness (QED) is 0.882. The maximum atomic E-state index is 12.6. The molecule has 0 atom stereocenters. The van der Waals surface area contributed by atoms with Crippen molar-refractivity contribution in [3.63, 3.8) is 0 Å². The van der Waals surface area contributed by atoms with Crippen LogP contribution in [0.5, 0.6) is 0 Å². The lowest BCUT2D eigenvalue weighted by molar-refractivity contribution is -0.141. The van der Waals surface area contributed by atoms with Gasteiger partial charge in [-0.05, 0) is 48.8 Å². The average Bonchev–Trinajstić information content (AvgIpc) is 2.68. The molecule has 0 radical (unpaired) electrons. The highest BCUT2D eigenvalue weighted by atomic mass is 16.5. The number of nitrogens with one attached hydrogen (secondary N) is 1. The van der Waals surface area contributed by atoms with Gasteiger partial charge in [-0.3, -0.25) is 9.59 Å². The van der Waals surface area contributed by atoms with E-state index in [0.717, 1.165) is 31.4 Å². The summed E-state index contributed by atoms with van der Waals surface area (Å²) >= 11 is 0. The molecule has 1 aromatic carbocycles. The van der Waals surface area contributed by atoms with Crippen LogP contribution in [-0.2, 0) is 19.7 Å². The molecular formula is C22H32N2O3. The Kier molecular flexibility index (Phi) is 6.20. The van der Waals surface area contributed by atoms with Crippen molar-refractivity contribution in [2.75, 3.05) is 31.6 Å². The fourth-order valence-corrected chi connectivity index (χ4v) is 3.94. The lowest BCUT2D eigenvalue weighted by Gasteiger charge is -2.33. The summed E-state index contributed by atoms with van der Waals surface area (Å²) in [6.07, 6.45) is 3.17. The molecular weight excluding hydrogens is 340 g/mol. The number of carbonyl (C=O) groups is 2. The third-order valence-corrected chi connectivity index (χ3v) is 5.79. The highest BCUT2D eigenvalue weighted by Gasteiger charge is 2.32. The smallest absolute Gasteiger partial charge is 0.227 e. The number of carbonyl (C=O) groups excluding carboxylic acids is 2. The third-order valence-electron chi connectivity index (χ3n) is 5.79. The minimum Gasteiger partial charge on any atom is -0.378 e. The molecule has 0 unspecified atom stereocenters. The van der Waals surface area contributed by atoms with Crippen molar-refractivity contribution < 1.29 is 14.3 Å². The lowest BCUT2D eigenvalue weighted by atomic mass is 9.80. The third kappa shape index (κ3) is 5.10. The molecule has 27 heavy (non-hydrogen) atoms. The predicted octanol–water partition coefficient (Wildman–Crippen LogP) is 3.59. The van der Waals surface area contributed by atoms with Gasteiger partial charge in [0.2, 0.25) is 11.8 Å². The standard InChI is InChI=1S/C22H32N2O3/c1-22(2,3)18-8-10-19(11-9-18)23-20(25)16-4-6-17(7-5-16)21(26)24-12-14-27-15-13-24/h8-11,16-17H,4-7,12-15H2,1-3H3,(H,23,25). The first-order valence-corrected chi connectivity index (χ1v) is 10.1. The second-order valence-electron chi connectivity index (χ2n) is 8.80. The van der Waals surface area contributed by atoms with Crippen LogP contribution >= 0.6 is 0 Å². The predicted molar refractivity (Wildman–Crippen MR) is 107 cm³/mol. The first kappa shape index (κ1) is 19.9. The Balaban J connectivity index is 1.49. The van der Waals surface area contributed by atoms with E-state index in [1.165, 1.54) is 5.56 Å². The highest BCUT2D eigenvalue weighted by Crippen LogP contribution is 2.31. The summed E-state index contributed by atoms with van der Waals surface area (Å²) in [5.74, 6) is 0.393. The average molecular weight is 373 g/mol.